The lowest BCUT2D eigenvalue weighted by Gasteiger charge is -2.24. The van der Waals surface area contributed by atoms with Gasteiger partial charge in [-0.3, -0.25) is 4.52 Å². The van der Waals surface area contributed by atoms with Crippen molar-refractivity contribution >= 4 is 31.3 Å². The summed E-state index contributed by atoms with van der Waals surface area (Å²) in [6.07, 6.45) is -3.00. The maximum Gasteiger partial charge on any atom is 0.490 e. The van der Waals surface area contributed by atoms with Gasteiger partial charge in [0, 0.05) is 6.00 Å². The Bertz CT molecular complexity index is 572. The Kier molecular flexibility index (Phi) is 6.45. The van der Waals surface area contributed by atoms with E-state index in [4.69, 9.17) is 27.3 Å². The number of ether oxygens (including phenoxy) is 1. The van der Waals surface area contributed by atoms with E-state index in [1.165, 1.54) is 0 Å². The summed E-state index contributed by atoms with van der Waals surface area (Å²) in [7, 11) is -11.1. The van der Waals surface area contributed by atoms with Crippen molar-refractivity contribution in [3.63, 3.8) is 0 Å². The molecule has 0 amide bonds. The van der Waals surface area contributed by atoms with E-state index in [0.717, 1.165) is 6.92 Å². The highest BCUT2D eigenvalue weighted by atomic mass is 31.3. The highest BCUT2D eigenvalue weighted by molar-refractivity contribution is 7.66. The van der Waals surface area contributed by atoms with Crippen molar-refractivity contribution in [3.8, 4) is 0 Å². The van der Waals surface area contributed by atoms with Crippen LogP contribution in [0.25, 0.3) is 0 Å². The molecule has 0 aromatic carbocycles. The van der Waals surface area contributed by atoms with Crippen LogP contribution in [0.3, 0.4) is 0 Å². The Balaban J connectivity index is 2.65. The van der Waals surface area contributed by atoms with Gasteiger partial charge < -0.3 is 34.5 Å². The molecule has 1 aliphatic heterocycles. The number of rotatable bonds is 7. The molecule has 0 aromatic heterocycles. The predicted molar refractivity (Wildman–Crippen MR) is 70.9 cm³/mol. The first-order valence-electron chi connectivity index (χ1n) is 5.65. The molecule has 1 rings (SSSR count). The lowest BCUT2D eigenvalue weighted by molar-refractivity contribution is -0.0465. The number of hydrogen-bond donors (Lipinski definition) is 6. The molecular weight excluding hydrogens is 384 g/mol. The van der Waals surface area contributed by atoms with Gasteiger partial charge in [0.15, 0.2) is 0 Å². The van der Waals surface area contributed by atoms with Crippen molar-refractivity contribution in [1.82, 2.24) is 0 Å². The van der Waals surface area contributed by atoms with Crippen LogP contribution in [-0.2, 0) is 31.6 Å². The predicted octanol–water partition coefficient (Wildman–Crippen LogP) is -1.67. The summed E-state index contributed by atoms with van der Waals surface area (Å²) >= 11 is 0. The third-order valence-electron chi connectivity index (χ3n) is 2.67. The zero-order valence-corrected chi connectivity index (χ0v) is 14.1. The number of aliphatic hydroxyl groups excluding tert-OH is 1. The van der Waals surface area contributed by atoms with E-state index in [-0.39, 0.29) is 0 Å². The third kappa shape index (κ3) is 6.30. The van der Waals surface area contributed by atoms with E-state index < -0.39 is 53.9 Å². The van der Waals surface area contributed by atoms with Crippen LogP contribution in [0.4, 0.5) is 0 Å². The minimum atomic E-state index is -5.63. The fourth-order valence-corrected chi connectivity index (χ4v) is 4.58. The molecule has 13 nitrogen and oxygen atoms in total. The number of phosphoric acid groups is 3. The first kappa shape index (κ1) is 21.4. The van der Waals surface area contributed by atoms with E-state index in [0.29, 0.717) is 0 Å². The van der Waals surface area contributed by atoms with Gasteiger partial charge in [-0.1, -0.05) is 0 Å². The first-order chi connectivity index (χ1) is 10.1. The normalized spacial score (nSPS) is 37.3. The van der Waals surface area contributed by atoms with Crippen LogP contribution in [0.1, 0.15) is 6.92 Å². The quantitative estimate of drug-likeness (QED) is 0.210. The summed E-state index contributed by atoms with van der Waals surface area (Å²) in [6, 6.07) is -1.34. The van der Waals surface area contributed by atoms with Gasteiger partial charge in [0.1, 0.15) is 25.7 Å². The standard InChI is InChI=1S/C6H14BO13P3/c1-6(9)4(8)3(18-5(6)7)2-17-22(13,14)20-23(15,16)19-21(10,11)12/h3-5,8-9H,2H2,1H3,(H,13,14)(H,15,16)(H2,10,11,12)/t3-,4-,5-,6-/m1/s1. The summed E-state index contributed by atoms with van der Waals surface area (Å²) in [5, 5.41) is 19.4. The molecule has 6 atom stereocenters. The van der Waals surface area contributed by atoms with Gasteiger partial charge in [-0.05, 0) is 6.92 Å². The SMILES string of the molecule is [B][C@@H]1O[C@H](COP(=O)(O)OP(=O)(O)OP(=O)(O)O)[C@@H](O)[C@@]1(C)O. The van der Waals surface area contributed by atoms with E-state index in [9.17, 15) is 28.8 Å². The van der Waals surface area contributed by atoms with E-state index in [1.807, 2.05) is 0 Å². The van der Waals surface area contributed by atoms with Crippen molar-refractivity contribution < 1.29 is 61.4 Å². The molecule has 6 N–H and O–H groups in total. The number of aliphatic hydroxyl groups is 2. The molecule has 17 heteroatoms. The Morgan fingerprint density at radius 3 is 2.04 bits per heavy atom. The summed E-state index contributed by atoms with van der Waals surface area (Å²) < 4.78 is 49.0. The molecule has 1 heterocycles. The van der Waals surface area contributed by atoms with Crippen molar-refractivity contribution in [3.05, 3.63) is 0 Å². The highest BCUT2D eigenvalue weighted by Crippen LogP contribution is 2.66. The summed E-state index contributed by atoms with van der Waals surface area (Å²) in [5.41, 5.74) is -1.88. The van der Waals surface area contributed by atoms with Gasteiger partial charge in [0.05, 0.1) is 6.61 Å². The molecule has 2 radical (unpaired) electrons. The largest absolute Gasteiger partial charge is 0.490 e. The Morgan fingerprint density at radius 1 is 1.13 bits per heavy atom. The maximum absolute atomic E-state index is 11.4. The Hall–Kier alpha value is 0.355. The van der Waals surface area contributed by atoms with Gasteiger partial charge in [0.25, 0.3) is 0 Å². The first-order valence-corrected chi connectivity index (χ1v) is 10.2. The van der Waals surface area contributed by atoms with Crippen molar-refractivity contribution in [1.29, 1.82) is 0 Å². The van der Waals surface area contributed by atoms with Crippen LogP contribution < -0.4 is 0 Å². The molecular formula is C6H14BO13P3. The average molecular weight is 398 g/mol. The number of hydrogen-bond acceptors (Lipinski definition) is 9. The van der Waals surface area contributed by atoms with Crippen molar-refractivity contribution in [2.24, 2.45) is 0 Å². The van der Waals surface area contributed by atoms with Crippen molar-refractivity contribution in [2.75, 3.05) is 6.61 Å². The highest BCUT2D eigenvalue weighted by Gasteiger charge is 2.50. The van der Waals surface area contributed by atoms with Crippen LogP contribution >= 0.6 is 23.5 Å². The second-order valence-electron chi connectivity index (χ2n) is 4.65. The lowest BCUT2D eigenvalue weighted by Crippen LogP contribution is -2.46. The van der Waals surface area contributed by atoms with Gasteiger partial charge in [-0.25, -0.2) is 13.7 Å². The molecule has 1 aliphatic rings. The average Bonchev–Trinajstić information content (AvgIpc) is 2.45. The fourth-order valence-electron chi connectivity index (χ4n) is 1.55. The van der Waals surface area contributed by atoms with Crippen LogP contribution in [0.2, 0.25) is 0 Å². The van der Waals surface area contributed by atoms with Crippen LogP contribution in [0.5, 0.6) is 0 Å². The zero-order valence-electron chi connectivity index (χ0n) is 11.4. The molecule has 0 aromatic rings. The van der Waals surface area contributed by atoms with E-state index in [1.54, 1.807) is 0 Å². The Morgan fingerprint density at radius 2 is 1.65 bits per heavy atom. The lowest BCUT2D eigenvalue weighted by atomic mass is 9.82. The van der Waals surface area contributed by atoms with E-state index >= 15 is 0 Å². The summed E-state index contributed by atoms with van der Waals surface area (Å²) in [6.45, 7) is 0.224. The maximum atomic E-state index is 11.4. The molecule has 2 unspecified atom stereocenters. The van der Waals surface area contributed by atoms with E-state index in [2.05, 4.69) is 13.1 Å². The fraction of sp³-hybridized carbons (Fsp3) is 1.00. The molecule has 0 aliphatic carbocycles. The van der Waals surface area contributed by atoms with Gasteiger partial charge >= 0.3 is 23.5 Å². The second kappa shape index (κ2) is 6.93. The monoisotopic (exact) mass is 398 g/mol. The van der Waals surface area contributed by atoms with Gasteiger partial charge in [0.2, 0.25) is 0 Å². The summed E-state index contributed by atoms with van der Waals surface area (Å²) in [4.78, 5) is 34.8. The zero-order chi connectivity index (χ0) is 18.3. The molecule has 0 bridgehead atoms. The molecule has 1 saturated heterocycles. The van der Waals surface area contributed by atoms with Crippen molar-refractivity contribution in [2.45, 2.75) is 30.7 Å². The topological polar surface area (TPSA) is 210 Å². The molecule has 1 fully saturated rings. The van der Waals surface area contributed by atoms with Gasteiger partial charge in [-0.2, -0.15) is 8.62 Å². The Labute approximate surface area is 131 Å². The second-order valence-corrected chi connectivity index (χ2v) is 9.07. The molecule has 23 heavy (non-hydrogen) atoms. The summed E-state index contributed by atoms with van der Waals surface area (Å²) in [5.74, 6) is 0. The van der Waals surface area contributed by atoms with Crippen LogP contribution in [0, 0.1) is 0 Å². The number of phosphoric ester groups is 1. The third-order valence-corrected chi connectivity index (χ3v) is 6.47. The minimum absolute atomic E-state index is 0.908. The molecule has 0 saturated carbocycles. The van der Waals surface area contributed by atoms with Gasteiger partial charge in [-0.15, -0.1) is 0 Å². The van der Waals surface area contributed by atoms with Crippen LogP contribution in [0.15, 0.2) is 0 Å². The molecule has 0 spiro atoms. The smallest absolute Gasteiger partial charge is 0.387 e. The molecule has 134 valence electrons. The minimum Gasteiger partial charge on any atom is -0.387 e. The van der Waals surface area contributed by atoms with Crippen LogP contribution in [-0.4, -0.2) is 68.1 Å².